The van der Waals surface area contributed by atoms with E-state index in [0.29, 0.717) is 0 Å². The van der Waals surface area contributed by atoms with Crippen LogP contribution in [0.4, 0.5) is 0 Å². The molecule has 2 nitrogen and oxygen atoms in total. The van der Waals surface area contributed by atoms with Gasteiger partial charge in [-0.2, -0.15) is 0 Å². The van der Waals surface area contributed by atoms with Gasteiger partial charge in [0.05, 0.1) is 0 Å². The number of hydrogen-bond donors (Lipinski definition) is 1. The lowest BCUT2D eigenvalue weighted by Gasteiger charge is -2.06. The van der Waals surface area contributed by atoms with Crippen molar-refractivity contribution in [1.82, 2.24) is 5.32 Å². The Balaban J connectivity index is 4.26. The summed E-state index contributed by atoms with van der Waals surface area (Å²) in [4.78, 5) is 3.99. The van der Waals surface area contributed by atoms with Crippen LogP contribution in [0.1, 0.15) is 27.2 Å². The smallest absolute Gasteiger partial charge is 0.0277 e. The van der Waals surface area contributed by atoms with Gasteiger partial charge in [-0.3, -0.25) is 4.99 Å². The summed E-state index contributed by atoms with van der Waals surface area (Å²) in [6, 6.07) is 0. The van der Waals surface area contributed by atoms with Gasteiger partial charge in [-0.05, 0) is 25.8 Å². The van der Waals surface area contributed by atoms with E-state index in [2.05, 4.69) is 31.1 Å². The fourth-order valence-corrected chi connectivity index (χ4v) is 0.988. The Morgan fingerprint density at radius 1 is 1.45 bits per heavy atom. The Morgan fingerprint density at radius 2 is 2.09 bits per heavy atom. The second-order valence-corrected chi connectivity index (χ2v) is 2.42. The maximum absolute atomic E-state index is 3.99. The summed E-state index contributed by atoms with van der Waals surface area (Å²) in [6.07, 6.45) is 2.95. The van der Waals surface area contributed by atoms with E-state index < -0.39 is 0 Å². The Hall–Kier alpha value is -0.790. The van der Waals surface area contributed by atoms with Gasteiger partial charge in [0.1, 0.15) is 0 Å². The maximum Gasteiger partial charge on any atom is 0.0277 e. The normalized spacial score (nSPS) is 13.5. The number of hydrogen-bond acceptors (Lipinski definition) is 2. The first-order valence-corrected chi connectivity index (χ1v) is 4.12. The van der Waals surface area contributed by atoms with E-state index in [0.717, 1.165) is 13.0 Å². The van der Waals surface area contributed by atoms with Crippen LogP contribution in [0.15, 0.2) is 16.3 Å². The average Bonchev–Trinajstić information content (AvgIpc) is 2.00. The largest absolute Gasteiger partial charge is 0.389 e. The molecule has 0 spiro atoms. The van der Waals surface area contributed by atoms with E-state index >= 15 is 0 Å². The van der Waals surface area contributed by atoms with E-state index in [9.17, 15) is 0 Å². The molecule has 11 heavy (non-hydrogen) atoms. The summed E-state index contributed by atoms with van der Waals surface area (Å²) in [5, 5.41) is 3.27. The zero-order chi connectivity index (χ0) is 8.69. The fraction of sp³-hybridized carbons (Fsp3) is 0.667. The van der Waals surface area contributed by atoms with E-state index in [1.807, 2.05) is 6.21 Å². The van der Waals surface area contributed by atoms with Crippen LogP contribution in [-0.2, 0) is 0 Å². The summed E-state index contributed by atoms with van der Waals surface area (Å²) < 4.78 is 0. The van der Waals surface area contributed by atoms with E-state index in [1.54, 1.807) is 7.05 Å². The van der Waals surface area contributed by atoms with Gasteiger partial charge in [0, 0.05) is 25.5 Å². The lowest BCUT2D eigenvalue weighted by atomic mass is 10.2. The van der Waals surface area contributed by atoms with Crippen molar-refractivity contribution in [1.29, 1.82) is 0 Å². The highest BCUT2D eigenvalue weighted by atomic mass is 14.9. The molecule has 64 valence electrons. The third kappa shape index (κ3) is 3.81. The zero-order valence-electron chi connectivity index (χ0n) is 7.94. The van der Waals surface area contributed by atoms with Crippen molar-refractivity contribution >= 4 is 6.21 Å². The molecular weight excluding hydrogens is 136 g/mol. The Bertz CT molecular complexity index is 157. The standard InChI is InChI=1S/C9H18N2/c1-5-9(7-10-4)8(3)11-6-2/h7,11H,5-6H2,1-4H3. The number of aliphatic imine (C=N–C) groups is 1. The van der Waals surface area contributed by atoms with Crippen molar-refractivity contribution in [3.63, 3.8) is 0 Å². The first kappa shape index (κ1) is 10.2. The van der Waals surface area contributed by atoms with Crippen molar-refractivity contribution in [3.05, 3.63) is 11.3 Å². The van der Waals surface area contributed by atoms with Gasteiger partial charge in [0.15, 0.2) is 0 Å². The predicted molar refractivity (Wildman–Crippen MR) is 51.1 cm³/mol. The van der Waals surface area contributed by atoms with Crippen LogP contribution in [0, 0.1) is 0 Å². The molecule has 0 aliphatic heterocycles. The molecule has 0 rings (SSSR count). The molecule has 0 atom stereocenters. The van der Waals surface area contributed by atoms with Crippen molar-refractivity contribution < 1.29 is 0 Å². The van der Waals surface area contributed by atoms with Crippen molar-refractivity contribution in [2.24, 2.45) is 4.99 Å². The minimum Gasteiger partial charge on any atom is -0.389 e. The molecule has 0 aliphatic rings. The minimum absolute atomic E-state index is 0.979. The lowest BCUT2D eigenvalue weighted by Crippen LogP contribution is -2.12. The lowest BCUT2D eigenvalue weighted by molar-refractivity contribution is 0.838. The second-order valence-electron chi connectivity index (χ2n) is 2.42. The summed E-state index contributed by atoms with van der Waals surface area (Å²) in [5.41, 5.74) is 2.52. The number of allylic oxidation sites excluding steroid dienone is 2. The first-order valence-electron chi connectivity index (χ1n) is 4.12. The summed E-state index contributed by atoms with van der Waals surface area (Å²) in [6.45, 7) is 7.30. The molecule has 0 saturated carbocycles. The van der Waals surface area contributed by atoms with Gasteiger partial charge in [-0.1, -0.05) is 6.92 Å². The van der Waals surface area contributed by atoms with Crippen molar-refractivity contribution in [2.75, 3.05) is 13.6 Å². The molecule has 0 amide bonds. The fourth-order valence-electron chi connectivity index (χ4n) is 0.988. The molecule has 0 aromatic heterocycles. The number of rotatable bonds is 4. The molecule has 0 bridgehead atoms. The highest BCUT2D eigenvalue weighted by Gasteiger charge is 1.94. The molecule has 0 saturated heterocycles. The zero-order valence-corrected chi connectivity index (χ0v) is 7.94. The van der Waals surface area contributed by atoms with Gasteiger partial charge in [0.2, 0.25) is 0 Å². The summed E-state index contributed by atoms with van der Waals surface area (Å²) in [7, 11) is 1.80. The first-order chi connectivity index (χ1) is 5.26. The molecule has 0 fully saturated rings. The molecule has 0 heterocycles. The second kappa shape index (κ2) is 5.96. The van der Waals surface area contributed by atoms with Gasteiger partial charge in [-0.25, -0.2) is 0 Å². The van der Waals surface area contributed by atoms with Gasteiger partial charge < -0.3 is 5.32 Å². The van der Waals surface area contributed by atoms with Crippen molar-refractivity contribution in [3.8, 4) is 0 Å². The molecule has 0 radical (unpaired) electrons. The van der Waals surface area contributed by atoms with Crippen LogP contribution in [0.3, 0.4) is 0 Å². The topological polar surface area (TPSA) is 24.4 Å². The van der Waals surface area contributed by atoms with Crippen LogP contribution in [0.5, 0.6) is 0 Å². The third-order valence-corrected chi connectivity index (χ3v) is 1.59. The Morgan fingerprint density at radius 3 is 2.45 bits per heavy atom. The van der Waals surface area contributed by atoms with Crippen LogP contribution in [-0.4, -0.2) is 19.8 Å². The van der Waals surface area contributed by atoms with Crippen LogP contribution in [0.2, 0.25) is 0 Å². The molecule has 1 N–H and O–H groups in total. The highest BCUT2D eigenvalue weighted by Crippen LogP contribution is 2.02. The quantitative estimate of drug-likeness (QED) is 0.615. The minimum atomic E-state index is 0.979. The summed E-state index contributed by atoms with van der Waals surface area (Å²) >= 11 is 0. The van der Waals surface area contributed by atoms with Gasteiger partial charge in [0.25, 0.3) is 0 Å². The molecule has 0 unspecified atom stereocenters. The predicted octanol–water partition coefficient (Wildman–Crippen LogP) is 1.98. The highest BCUT2D eigenvalue weighted by molar-refractivity contribution is 5.79. The number of nitrogens with zero attached hydrogens (tertiary/aromatic N) is 1. The van der Waals surface area contributed by atoms with Crippen LogP contribution >= 0.6 is 0 Å². The molecule has 0 aromatic carbocycles. The molecule has 0 aromatic rings. The average molecular weight is 154 g/mol. The van der Waals surface area contributed by atoms with E-state index in [-0.39, 0.29) is 0 Å². The van der Waals surface area contributed by atoms with Crippen LogP contribution in [0.25, 0.3) is 0 Å². The Labute approximate surface area is 69.4 Å². The molecule has 2 heteroatoms. The van der Waals surface area contributed by atoms with E-state index in [1.165, 1.54) is 11.3 Å². The van der Waals surface area contributed by atoms with Crippen molar-refractivity contribution in [2.45, 2.75) is 27.2 Å². The van der Waals surface area contributed by atoms with Crippen LogP contribution < -0.4 is 5.32 Å². The Kier molecular flexibility index (Phi) is 5.53. The van der Waals surface area contributed by atoms with E-state index in [4.69, 9.17) is 0 Å². The monoisotopic (exact) mass is 154 g/mol. The third-order valence-electron chi connectivity index (χ3n) is 1.59. The SMILES string of the molecule is CCNC(C)=C(C=NC)CC. The summed E-state index contributed by atoms with van der Waals surface area (Å²) in [5.74, 6) is 0. The number of nitrogens with one attached hydrogen (secondary N) is 1. The maximum atomic E-state index is 3.99. The van der Waals surface area contributed by atoms with Gasteiger partial charge >= 0.3 is 0 Å². The molecular formula is C9H18N2. The molecule has 0 aliphatic carbocycles. The van der Waals surface area contributed by atoms with Gasteiger partial charge in [-0.15, -0.1) is 0 Å².